The van der Waals surface area contributed by atoms with Crippen LogP contribution in [0.25, 0.3) is 0 Å². The maximum Gasteiger partial charge on any atom is 0.292 e. The highest BCUT2D eigenvalue weighted by atomic mass is 32.2. The lowest BCUT2D eigenvalue weighted by molar-refractivity contribution is -0.383. The molecule has 1 aromatic rings. The van der Waals surface area contributed by atoms with Crippen molar-refractivity contribution in [2.24, 2.45) is 0 Å². The van der Waals surface area contributed by atoms with Gasteiger partial charge < -0.3 is 10.2 Å². The molecule has 0 radical (unpaired) electrons. The number of nitrogens with one attached hydrogen (secondary N) is 1. The van der Waals surface area contributed by atoms with E-state index in [4.69, 9.17) is 0 Å². The van der Waals surface area contributed by atoms with E-state index < -0.39 is 4.92 Å². The molecular weight excluding hydrogens is 290 g/mol. The van der Waals surface area contributed by atoms with E-state index in [-0.39, 0.29) is 17.6 Å². The Kier molecular flexibility index (Phi) is 4.72. The van der Waals surface area contributed by atoms with Gasteiger partial charge in [0.2, 0.25) is 0 Å². The first-order chi connectivity index (χ1) is 9.95. The maximum absolute atomic E-state index is 12.6. The first-order valence-corrected chi connectivity index (χ1v) is 7.89. The molecule has 1 aliphatic rings. The van der Waals surface area contributed by atoms with Crippen molar-refractivity contribution in [1.29, 1.82) is 0 Å². The van der Waals surface area contributed by atoms with E-state index in [2.05, 4.69) is 12.2 Å². The molecular formula is C14H19N3O3S. The average molecular weight is 309 g/mol. The van der Waals surface area contributed by atoms with Gasteiger partial charge in [0.25, 0.3) is 11.6 Å². The van der Waals surface area contributed by atoms with Crippen LogP contribution in [-0.4, -0.2) is 46.4 Å². The Morgan fingerprint density at radius 2 is 2.19 bits per heavy atom. The minimum atomic E-state index is -0.456. The van der Waals surface area contributed by atoms with Crippen LogP contribution in [0.1, 0.15) is 24.2 Å². The van der Waals surface area contributed by atoms with Crippen molar-refractivity contribution in [2.75, 3.05) is 24.7 Å². The molecule has 1 fully saturated rings. The number of thioether (sulfide) groups is 1. The number of rotatable bonds is 3. The topological polar surface area (TPSA) is 75.5 Å². The number of anilines is 1. The third-order valence-corrected chi connectivity index (χ3v) is 5.19. The average Bonchev–Trinajstić information content (AvgIpc) is 2.48. The van der Waals surface area contributed by atoms with Gasteiger partial charge in [-0.3, -0.25) is 14.9 Å². The summed E-state index contributed by atoms with van der Waals surface area (Å²) < 4.78 is 0. The molecule has 1 aromatic carbocycles. The normalized spacial score (nSPS) is 22.0. The zero-order valence-corrected chi connectivity index (χ0v) is 13.1. The van der Waals surface area contributed by atoms with Gasteiger partial charge in [0.05, 0.1) is 4.92 Å². The van der Waals surface area contributed by atoms with Crippen molar-refractivity contribution in [3.05, 3.63) is 33.9 Å². The van der Waals surface area contributed by atoms with Crippen LogP contribution >= 0.6 is 11.8 Å². The van der Waals surface area contributed by atoms with Crippen LogP contribution in [0.2, 0.25) is 0 Å². The molecule has 0 aromatic heterocycles. The molecule has 1 aliphatic heterocycles. The minimum Gasteiger partial charge on any atom is -0.383 e. The number of hydrogen-bond donors (Lipinski definition) is 1. The predicted octanol–water partition coefficient (Wildman–Crippen LogP) is 2.60. The SMILES string of the molecule is CNc1cc(C(=O)N2CCSC(C)C2C)ccc1[N+](=O)[O-]. The van der Waals surface area contributed by atoms with E-state index in [9.17, 15) is 14.9 Å². The van der Waals surface area contributed by atoms with E-state index in [1.54, 1.807) is 13.1 Å². The molecule has 0 spiro atoms. The van der Waals surface area contributed by atoms with Crippen LogP contribution < -0.4 is 5.32 Å². The molecule has 21 heavy (non-hydrogen) atoms. The Hall–Kier alpha value is -1.76. The molecule has 7 heteroatoms. The Morgan fingerprint density at radius 1 is 1.48 bits per heavy atom. The fourth-order valence-electron chi connectivity index (χ4n) is 2.41. The monoisotopic (exact) mass is 309 g/mol. The van der Waals surface area contributed by atoms with Crippen molar-refractivity contribution >= 4 is 29.0 Å². The summed E-state index contributed by atoms with van der Waals surface area (Å²) in [6.07, 6.45) is 0. The number of amides is 1. The van der Waals surface area contributed by atoms with Crippen LogP contribution in [0.3, 0.4) is 0 Å². The third kappa shape index (κ3) is 3.12. The van der Waals surface area contributed by atoms with Gasteiger partial charge in [-0.1, -0.05) is 6.92 Å². The minimum absolute atomic E-state index is 0.0235. The molecule has 114 valence electrons. The summed E-state index contributed by atoms with van der Waals surface area (Å²) in [5.74, 6) is 0.851. The van der Waals surface area contributed by atoms with Crippen molar-refractivity contribution in [2.45, 2.75) is 25.1 Å². The highest BCUT2D eigenvalue weighted by Crippen LogP contribution is 2.28. The smallest absolute Gasteiger partial charge is 0.292 e. The Labute approximate surface area is 128 Å². The fraction of sp³-hybridized carbons (Fsp3) is 0.500. The van der Waals surface area contributed by atoms with E-state index in [0.29, 0.717) is 23.0 Å². The van der Waals surface area contributed by atoms with Crippen molar-refractivity contribution in [3.8, 4) is 0 Å². The molecule has 0 aliphatic carbocycles. The lowest BCUT2D eigenvalue weighted by atomic mass is 10.1. The standard InChI is InChI=1S/C14H19N3O3S/c1-9-10(2)21-7-6-16(9)14(18)11-4-5-13(17(19)20)12(8-11)15-3/h4-5,8-10,15H,6-7H2,1-3H3. The Balaban J connectivity index is 2.29. The molecule has 1 heterocycles. The number of hydrogen-bond acceptors (Lipinski definition) is 5. The first-order valence-electron chi connectivity index (χ1n) is 6.84. The second kappa shape index (κ2) is 6.34. The quantitative estimate of drug-likeness (QED) is 0.686. The van der Waals surface area contributed by atoms with Crippen LogP contribution in [0.15, 0.2) is 18.2 Å². The van der Waals surface area contributed by atoms with Crippen LogP contribution in [-0.2, 0) is 0 Å². The number of carbonyl (C=O) groups is 1. The lowest BCUT2D eigenvalue weighted by Crippen LogP contribution is -2.47. The van der Waals surface area contributed by atoms with Gasteiger partial charge in [0, 0.05) is 42.3 Å². The fourth-order valence-corrected chi connectivity index (χ4v) is 3.51. The molecule has 1 N–H and O–H groups in total. The molecule has 1 saturated heterocycles. The lowest BCUT2D eigenvalue weighted by Gasteiger charge is -2.37. The van der Waals surface area contributed by atoms with Gasteiger partial charge in [-0.2, -0.15) is 11.8 Å². The van der Waals surface area contributed by atoms with Crippen LogP contribution in [0.5, 0.6) is 0 Å². The third-order valence-electron chi connectivity index (χ3n) is 3.85. The van der Waals surface area contributed by atoms with Gasteiger partial charge in [0.1, 0.15) is 5.69 Å². The zero-order chi connectivity index (χ0) is 15.6. The summed E-state index contributed by atoms with van der Waals surface area (Å²) in [5.41, 5.74) is 0.818. The van der Waals surface area contributed by atoms with E-state index in [0.717, 1.165) is 5.75 Å². The number of nitro groups is 1. The Bertz CT molecular complexity index is 564. The molecule has 0 saturated carbocycles. The predicted molar refractivity (Wildman–Crippen MR) is 85.1 cm³/mol. The molecule has 2 atom stereocenters. The van der Waals surface area contributed by atoms with Crippen molar-refractivity contribution in [1.82, 2.24) is 4.90 Å². The van der Waals surface area contributed by atoms with Crippen molar-refractivity contribution < 1.29 is 9.72 Å². The summed E-state index contributed by atoms with van der Waals surface area (Å²) in [4.78, 5) is 24.9. The first kappa shape index (κ1) is 15.6. The van der Waals surface area contributed by atoms with Gasteiger partial charge in [-0.05, 0) is 19.1 Å². The largest absolute Gasteiger partial charge is 0.383 e. The zero-order valence-electron chi connectivity index (χ0n) is 12.3. The molecule has 1 amide bonds. The molecule has 6 nitrogen and oxygen atoms in total. The van der Waals surface area contributed by atoms with Gasteiger partial charge in [-0.25, -0.2) is 0 Å². The highest BCUT2D eigenvalue weighted by Gasteiger charge is 2.30. The van der Waals surface area contributed by atoms with E-state index in [1.807, 2.05) is 23.6 Å². The number of benzene rings is 1. The molecule has 0 bridgehead atoms. The summed E-state index contributed by atoms with van der Waals surface area (Å²) in [7, 11) is 1.61. The summed E-state index contributed by atoms with van der Waals surface area (Å²) >= 11 is 1.86. The summed E-state index contributed by atoms with van der Waals surface area (Å²) in [6.45, 7) is 4.86. The Morgan fingerprint density at radius 3 is 2.81 bits per heavy atom. The molecule has 2 rings (SSSR count). The number of carbonyl (C=O) groups excluding carboxylic acids is 1. The van der Waals surface area contributed by atoms with Gasteiger partial charge >= 0.3 is 0 Å². The highest BCUT2D eigenvalue weighted by molar-refractivity contribution is 8.00. The second-order valence-corrected chi connectivity index (χ2v) is 6.54. The second-order valence-electron chi connectivity index (χ2n) is 5.05. The van der Waals surface area contributed by atoms with Gasteiger partial charge in [0.15, 0.2) is 0 Å². The summed E-state index contributed by atoms with van der Waals surface area (Å²) in [5, 5.41) is 14.1. The van der Waals surface area contributed by atoms with Crippen LogP contribution in [0.4, 0.5) is 11.4 Å². The summed E-state index contributed by atoms with van der Waals surface area (Å²) in [6, 6.07) is 4.62. The van der Waals surface area contributed by atoms with Crippen LogP contribution in [0, 0.1) is 10.1 Å². The number of nitrogens with zero attached hydrogens (tertiary/aromatic N) is 2. The molecule has 2 unspecified atom stereocenters. The van der Waals surface area contributed by atoms with Crippen molar-refractivity contribution in [3.63, 3.8) is 0 Å². The maximum atomic E-state index is 12.6. The van der Waals surface area contributed by atoms with E-state index >= 15 is 0 Å². The van der Waals surface area contributed by atoms with Gasteiger partial charge in [-0.15, -0.1) is 0 Å². The number of nitro benzene ring substituents is 1. The van der Waals surface area contributed by atoms with E-state index in [1.165, 1.54) is 12.1 Å².